The molecule has 1 fully saturated rings. The van der Waals surface area contributed by atoms with E-state index in [2.05, 4.69) is 74.6 Å². The standard InChI is InChI=1S/C32H35NO/c1-32(2)28-15-19(18-33)11-13-22(28)23-14-12-20(16-29(23)32)26-17-27-24-8-5-6-10-30(24)34-31(27)25-9-4-3-7-21(25)26/h3-5,7-9,12,14-15,17-18,21-22,24-25,28-30,33H,6,10-11,13,16H2,1-2H3. The van der Waals surface area contributed by atoms with E-state index in [0.717, 1.165) is 25.7 Å². The summed E-state index contributed by atoms with van der Waals surface area (Å²) in [6.45, 7) is 4.96. The highest BCUT2D eigenvalue weighted by Crippen LogP contribution is 2.61. The van der Waals surface area contributed by atoms with Crippen molar-refractivity contribution in [1.29, 1.82) is 5.41 Å². The zero-order valence-corrected chi connectivity index (χ0v) is 20.3. The van der Waals surface area contributed by atoms with Crippen molar-refractivity contribution in [2.45, 2.75) is 52.1 Å². The fourth-order valence-electron chi connectivity index (χ4n) is 8.20. The Hall–Kier alpha value is -2.61. The van der Waals surface area contributed by atoms with Crippen molar-refractivity contribution >= 4 is 6.21 Å². The van der Waals surface area contributed by atoms with Crippen LogP contribution in [0, 0.1) is 46.3 Å². The van der Waals surface area contributed by atoms with E-state index in [0.29, 0.717) is 41.6 Å². The van der Waals surface area contributed by atoms with Crippen molar-refractivity contribution in [3.05, 3.63) is 94.4 Å². The summed E-state index contributed by atoms with van der Waals surface area (Å²) in [5, 5.41) is 7.80. The molecule has 2 nitrogen and oxygen atoms in total. The van der Waals surface area contributed by atoms with Gasteiger partial charge in [0.05, 0.1) is 0 Å². The minimum atomic E-state index is 0.222. The molecular formula is C32H35NO. The van der Waals surface area contributed by atoms with Crippen LogP contribution < -0.4 is 0 Å². The van der Waals surface area contributed by atoms with Crippen LogP contribution in [0.5, 0.6) is 0 Å². The minimum absolute atomic E-state index is 0.222. The second-order valence-electron chi connectivity index (χ2n) is 11.9. The maximum Gasteiger partial charge on any atom is 0.109 e. The molecule has 7 aliphatic rings. The molecule has 0 radical (unpaired) electrons. The van der Waals surface area contributed by atoms with Crippen molar-refractivity contribution in [1.82, 2.24) is 0 Å². The SMILES string of the molecule is CC1(C)C2CC(C3=CC4=C(OC5CCC=CC45)C4C=CC=CC34)=CC=C2C2CCC(C=N)=CC21. The maximum atomic E-state index is 7.80. The molecule has 0 spiro atoms. The van der Waals surface area contributed by atoms with Gasteiger partial charge in [-0.05, 0) is 72.0 Å². The molecule has 0 bridgehead atoms. The Morgan fingerprint density at radius 3 is 2.74 bits per heavy atom. The zero-order chi connectivity index (χ0) is 23.0. The van der Waals surface area contributed by atoms with Crippen LogP contribution in [0.25, 0.3) is 0 Å². The Kier molecular flexibility index (Phi) is 4.54. The normalized spacial score (nSPS) is 40.6. The first-order chi connectivity index (χ1) is 16.6. The summed E-state index contributed by atoms with van der Waals surface area (Å²) in [4.78, 5) is 0. The highest BCUT2D eigenvalue weighted by Gasteiger charge is 2.53. The number of hydrogen-bond donors (Lipinski definition) is 1. The predicted molar refractivity (Wildman–Crippen MR) is 138 cm³/mol. The van der Waals surface area contributed by atoms with Gasteiger partial charge in [0.15, 0.2) is 0 Å². The lowest BCUT2D eigenvalue weighted by molar-refractivity contribution is 0.0963. The molecule has 7 atom stereocenters. The van der Waals surface area contributed by atoms with Crippen LogP contribution in [0.4, 0.5) is 0 Å². The number of rotatable bonds is 2. The Morgan fingerprint density at radius 1 is 1.03 bits per heavy atom. The highest BCUT2D eigenvalue weighted by atomic mass is 16.5. The Bertz CT molecular complexity index is 1200. The molecule has 0 aromatic rings. The largest absolute Gasteiger partial charge is 0.493 e. The number of hydrogen-bond acceptors (Lipinski definition) is 2. The van der Waals surface area contributed by atoms with Crippen molar-refractivity contribution in [3.8, 4) is 0 Å². The van der Waals surface area contributed by atoms with Crippen LogP contribution in [0.15, 0.2) is 94.4 Å². The predicted octanol–water partition coefficient (Wildman–Crippen LogP) is 7.42. The van der Waals surface area contributed by atoms with Gasteiger partial charge in [0.2, 0.25) is 0 Å². The quantitative estimate of drug-likeness (QED) is 0.345. The average Bonchev–Trinajstić information content (AvgIpc) is 3.36. The van der Waals surface area contributed by atoms with Gasteiger partial charge in [-0.25, -0.2) is 0 Å². The molecule has 7 unspecified atom stereocenters. The van der Waals surface area contributed by atoms with Crippen LogP contribution in [0.1, 0.15) is 46.0 Å². The van der Waals surface area contributed by atoms with E-state index >= 15 is 0 Å². The molecule has 6 aliphatic carbocycles. The third-order valence-corrected chi connectivity index (χ3v) is 10.0. The van der Waals surface area contributed by atoms with E-state index in [-0.39, 0.29) is 5.41 Å². The Morgan fingerprint density at radius 2 is 1.88 bits per heavy atom. The van der Waals surface area contributed by atoms with Crippen molar-refractivity contribution in [2.75, 3.05) is 0 Å². The number of ether oxygens (including phenoxy) is 1. The molecule has 174 valence electrons. The first-order valence-corrected chi connectivity index (χ1v) is 13.3. The van der Waals surface area contributed by atoms with Gasteiger partial charge in [0.25, 0.3) is 0 Å². The zero-order valence-electron chi connectivity index (χ0n) is 20.3. The van der Waals surface area contributed by atoms with Crippen molar-refractivity contribution in [3.63, 3.8) is 0 Å². The molecule has 34 heavy (non-hydrogen) atoms. The van der Waals surface area contributed by atoms with Gasteiger partial charge in [0, 0.05) is 29.5 Å². The molecular weight excluding hydrogens is 414 g/mol. The van der Waals surface area contributed by atoms with Crippen molar-refractivity contribution < 1.29 is 4.74 Å². The molecule has 2 heteroatoms. The molecule has 1 aliphatic heterocycles. The average molecular weight is 450 g/mol. The third kappa shape index (κ3) is 2.84. The second-order valence-corrected chi connectivity index (χ2v) is 11.9. The number of fused-ring (bicyclic) bond motifs is 7. The molecule has 0 saturated heterocycles. The fraction of sp³-hybridized carbons (Fsp3) is 0.469. The summed E-state index contributed by atoms with van der Waals surface area (Å²) in [6.07, 6.45) is 31.5. The van der Waals surface area contributed by atoms with Gasteiger partial charge in [-0.3, -0.25) is 0 Å². The van der Waals surface area contributed by atoms with E-state index in [1.807, 2.05) is 0 Å². The number of allylic oxidation sites excluding steroid dienone is 13. The van der Waals surface area contributed by atoms with Gasteiger partial charge < -0.3 is 10.1 Å². The van der Waals surface area contributed by atoms with E-state index in [1.165, 1.54) is 34.5 Å². The van der Waals surface area contributed by atoms with Crippen LogP contribution in [-0.2, 0) is 4.74 Å². The minimum Gasteiger partial charge on any atom is -0.493 e. The first kappa shape index (κ1) is 20.7. The van der Waals surface area contributed by atoms with Crippen LogP contribution in [0.3, 0.4) is 0 Å². The van der Waals surface area contributed by atoms with Crippen molar-refractivity contribution in [2.24, 2.45) is 40.9 Å². The molecule has 1 saturated carbocycles. The molecule has 1 heterocycles. The second kappa shape index (κ2) is 7.44. The first-order valence-electron chi connectivity index (χ1n) is 13.3. The monoisotopic (exact) mass is 449 g/mol. The lowest BCUT2D eigenvalue weighted by atomic mass is 9.66. The molecule has 0 aromatic heterocycles. The van der Waals surface area contributed by atoms with E-state index in [4.69, 9.17) is 10.1 Å². The summed E-state index contributed by atoms with van der Waals surface area (Å²) in [6, 6.07) is 0. The van der Waals surface area contributed by atoms with E-state index in [9.17, 15) is 0 Å². The lowest BCUT2D eigenvalue weighted by Crippen LogP contribution is -2.29. The molecule has 0 aromatic carbocycles. The number of nitrogens with one attached hydrogen (secondary N) is 1. The van der Waals surface area contributed by atoms with Crippen LogP contribution in [0.2, 0.25) is 0 Å². The van der Waals surface area contributed by atoms with E-state index < -0.39 is 0 Å². The summed E-state index contributed by atoms with van der Waals surface area (Å²) in [7, 11) is 0. The fourth-order valence-corrected chi connectivity index (χ4v) is 8.20. The van der Waals surface area contributed by atoms with Gasteiger partial charge >= 0.3 is 0 Å². The molecule has 1 N–H and O–H groups in total. The van der Waals surface area contributed by atoms with Gasteiger partial charge in [-0.1, -0.05) is 80.2 Å². The van der Waals surface area contributed by atoms with Gasteiger partial charge in [0.1, 0.15) is 11.9 Å². The van der Waals surface area contributed by atoms with Gasteiger partial charge in [-0.15, -0.1) is 0 Å². The summed E-state index contributed by atoms with van der Waals surface area (Å²) in [5.74, 6) is 4.16. The summed E-state index contributed by atoms with van der Waals surface area (Å²) >= 11 is 0. The highest BCUT2D eigenvalue weighted by molar-refractivity contribution is 5.76. The van der Waals surface area contributed by atoms with E-state index in [1.54, 1.807) is 11.8 Å². The van der Waals surface area contributed by atoms with Crippen LogP contribution >= 0.6 is 0 Å². The summed E-state index contributed by atoms with van der Waals surface area (Å²) in [5.41, 5.74) is 7.61. The molecule has 0 amide bonds. The van der Waals surface area contributed by atoms with Crippen LogP contribution in [-0.4, -0.2) is 12.3 Å². The Labute approximate surface area is 203 Å². The topological polar surface area (TPSA) is 33.1 Å². The third-order valence-electron chi connectivity index (χ3n) is 10.0. The Balaban J connectivity index is 1.28. The van der Waals surface area contributed by atoms with Gasteiger partial charge in [-0.2, -0.15) is 0 Å². The molecule has 7 rings (SSSR count). The lowest BCUT2D eigenvalue weighted by Gasteiger charge is -2.37. The smallest absolute Gasteiger partial charge is 0.109 e. The summed E-state index contributed by atoms with van der Waals surface area (Å²) < 4.78 is 6.60. The maximum absolute atomic E-state index is 7.80.